The Morgan fingerprint density at radius 1 is 0.625 bits per heavy atom. The first-order chi connectivity index (χ1) is 7.83. The molecule has 0 aromatic carbocycles. The molecule has 0 aromatic rings. The summed E-state index contributed by atoms with van der Waals surface area (Å²) in [6, 6.07) is 2.09. The highest BCUT2D eigenvalue weighted by molar-refractivity contribution is 4.67. The van der Waals surface area contributed by atoms with Gasteiger partial charge >= 0.3 is 0 Å². The van der Waals surface area contributed by atoms with E-state index >= 15 is 0 Å². The molecule has 0 bridgehead atoms. The van der Waals surface area contributed by atoms with Crippen molar-refractivity contribution in [2.45, 2.75) is 51.4 Å². The van der Waals surface area contributed by atoms with Crippen LogP contribution in [0.1, 0.15) is 51.4 Å². The average Bonchev–Trinajstić information content (AvgIpc) is 2.31. The Labute approximate surface area is 100 Å². The Bertz CT molecular complexity index is 136. The molecule has 0 aromatic heterocycles. The van der Waals surface area contributed by atoms with Crippen LogP contribution < -0.4 is 17.2 Å². The van der Waals surface area contributed by atoms with Gasteiger partial charge in [-0.3, -0.25) is 0 Å². The van der Waals surface area contributed by atoms with Crippen LogP contribution in [0.15, 0.2) is 0 Å². The second kappa shape index (κ2) is 19.9. The molecule has 4 nitrogen and oxygen atoms in total. The lowest BCUT2D eigenvalue weighted by Gasteiger charge is -1.94. The largest absolute Gasteiger partial charge is 0.330 e. The van der Waals surface area contributed by atoms with E-state index in [0.29, 0.717) is 6.42 Å². The molecule has 0 heterocycles. The van der Waals surface area contributed by atoms with E-state index in [1.54, 1.807) is 0 Å². The lowest BCUT2D eigenvalue weighted by Crippen LogP contribution is -2.00. The SMILES string of the molecule is N#CCCCCCN.NCCCCCCN. The highest BCUT2D eigenvalue weighted by Gasteiger charge is 1.84. The van der Waals surface area contributed by atoms with Gasteiger partial charge in [0.05, 0.1) is 6.07 Å². The minimum Gasteiger partial charge on any atom is -0.330 e. The second-order valence-corrected chi connectivity index (χ2v) is 3.75. The summed E-state index contributed by atoms with van der Waals surface area (Å²) in [5.74, 6) is 0. The summed E-state index contributed by atoms with van der Waals surface area (Å²) in [4.78, 5) is 0. The predicted octanol–water partition coefficient (Wildman–Crippen LogP) is 1.49. The van der Waals surface area contributed by atoms with E-state index in [1.165, 1.54) is 12.8 Å². The van der Waals surface area contributed by atoms with Crippen LogP contribution >= 0.6 is 0 Å². The second-order valence-electron chi connectivity index (χ2n) is 3.75. The third kappa shape index (κ3) is 23.3. The van der Waals surface area contributed by atoms with E-state index in [0.717, 1.165) is 51.7 Å². The van der Waals surface area contributed by atoms with Crippen LogP contribution in [0.4, 0.5) is 0 Å². The van der Waals surface area contributed by atoms with Crippen LogP contribution in [0.3, 0.4) is 0 Å². The molecule has 0 aliphatic rings. The van der Waals surface area contributed by atoms with Crippen molar-refractivity contribution in [1.82, 2.24) is 0 Å². The monoisotopic (exact) mass is 228 g/mol. The molecule has 16 heavy (non-hydrogen) atoms. The average molecular weight is 228 g/mol. The minimum atomic E-state index is 0.681. The summed E-state index contributed by atoms with van der Waals surface area (Å²) >= 11 is 0. The van der Waals surface area contributed by atoms with Crippen LogP contribution in [0.5, 0.6) is 0 Å². The van der Waals surface area contributed by atoms with Crippen LogP contribution in [0.2, 0.25) is 0 Å². The summed E-state index contributed by atoms with van der Waals surface area (Å²) < 4.78 is 0. The lowest BCUT2D eigenvalue weighted by atomic mass is 10.2. The van der Waals surface area contributed by atoms with Crippen LogP contribution in [0, 0.1) is 11.3 Å². The number of rotatable bonds is 9. The highest BCUT2D eigenvalue weighted by atomic mass is 14.5. The molecule has 96 valence electrons. The Kier molecular flexibility index (Phi) is 22.0. The summed E-state index contributed by atoms with van der Waals surface area (Å²) in [6.45, 7) is 2.40. The van der Waals surface area contributed by atoms with Crippen molar-refractivity contribution < 1.29 is 0 Å². The van der Waals surface area contributed by atoms with Gasteiger partial charge in [0.1, 0.15) is 0 Å². The maximum absolute atomic E-state index is 8.08. The third-order valence-electron chi connectivity index (χ3n) is 2.15. The van der Waals surface area contributed by atoms with Crippen molar-refractivity contribution in [2.24, 2.45) is 17.2 Å². The van der Waals surface area contributed by atoms with E-state index in [2.05, 4.69) is 6.07 Å². The lowest BCUT2D eigenvalue weighted by molar-refractivity contribution is 0.653. The van der Waals surface area contributed by atoms with Gasteiger partial charge in [-0.2, -0.15) is 5.26 Å². The first-order valence-electron chi connectivity index (χ1n) is 6.30. The normalized spacial score (nSPS) is 9.12. The molecule has 0 aliphatic carbocycles. The smallest absolute Gasteiger partial charge is 0.0621 e. The molecule has 0 aliphatic heterocycles. The zero-order valence-electron chi connectivity index (χ0n) is 10.5. The molecular weight excluding hydrogens is 200 g/mol. The minimum absolute atomic E-state index is 0.681. The first-order valence-corrected chi connectivity index (χ1v) is 6.30. The van der Waals surface area contributed by atoms with Crippen molar-refractivity contribution in [3.05, 3.63) is 0 Å². The van der Waals surface area contributed by atoms with E-state index in [-0.39, 0.29) is 0 Å². The number of hydrogen-bond donors (Lipinski definition) is 3. The van der Waals surface area contributed by atoms with Crippen molar-refractivity contribution in [1.29, 1.82) is 5.26 Å². The molecule has 6 N–H and O–H groups in total. The van der Waals surface area contributed by atoms with E-state index in [1.807, 2.05) is 0 Å². The Morgan fingerprint density at radius 3 is 1.31 bits per heavy atom. The van der Waals surface area contributed by atoms with Gasteiger partial charge in [0.25, 0.3) is 0 Å². The number of nitrogens with zero attached hydrogens (tertiary/aromatic N) is 1. The molecule has 0 radical (unpaired) electrons. The topological polar surface area (TPSA) is 102 Å². The maximum Gasteiger partial charge on any atom is 0.0621 e. The van der Waals surface area contributed by atoms with Crippen LogP contribution in [-0.4, -0.2) is 19.6 Å². The number of nitrogens with two attached hydrogens (primary N) is 3. The van der Waals surface area contributed by atoms with Crippen molar-refractivity contribution in [3.63, 3.8) is 0 Å². The molecule has 0 saturated heterocycles. The van der Waals surface area contributed by atoms with Gasteiger partial charge in [0, 0.05) is 6.42 Å². The molecule has 0 unspecified atom stereocenters. The van der Waals surface area contributed by atoms with Gasteiger partial charge in [-0.05, 0) is 45.3 Å². The number of nitriles is 1. The summed E-state index contributed by atoms with van der Waals surface area (Å²) in [5.41, 5.74) is 15.8. The van der Waals surface area contributed by atoms with Crippen LogP contribution in [-0.2, 0) is 0 Å². The fraction of sp³-hybridized carbons (Fsp3) is 0.917. The Balaban J connectivity index is 0. The molecule has 0 fully saturated rings. The first kappa shape index (κ1) is 17.8. The summed E-state index contributed by atoms with van der Waals surface area (Å²) in [5, 5.41) is 8.08. The zero-order chi connectivity index (χ0) is 12.5. The van der Waals surface area contributed by atoms with Gasteiger partial charge < -0.3 is 17.2 Å². The molecule has 0 atom stereocenters. The van der Waals surface area contributed by atoms with E-state index in [4.69, 9.17) is 22.5 Å². The van der Waals surface area contributed by atoms with E-state index in [9.17, 15) is 0 Å². The van der Waals surface area contributed by atoms with Gasteiger partial charge in [-0.25, -0.2) is 0 Å². The van der Waals surface area contributed by atoms with E-state index < -0.39 is 0 Å². The van der Waals surface area contributed by atoms with Crippen molar-refractivity contribution >= 4 is 0 Å². The molecule has 0 rings (SSSR count). The Morgan fingerprint density at radius 2 is 1.00 bits per heavy atom. The molecule has 0 saturated carbocycles. The molecule has 4 heteroatoms. The van der Waals surface area contributed by atoms with Crippen molar-refractivity contribution in [3.8, 4) is 6.07 Å². The maximum atomic E-state index is 8.08. The molecule has 0 amide bonds. The quantitative estimate of drug-likeness (QED) is 0.520. The van der Waals surface area contributed by atoms with Gasteiger partial charge in [0.15, 0.2) is 0 Å². The van der Waals surface area contributed by atoms with Gasteiger partial charge in [-0.15, -0.1) is 0 Å². The Hall–Kier alpha value is -0.630. The number of unbranched alkanes of at least 4 members (excludes halogenated alkanes) is 6. The molecule has 0 spiro atoms. The van der Waals surface area contributed by atoms with Crippen molar-refractivity contribution in [2.75, 3.05) is 19.6 Å². The fourth-order valence-corrected chi connectivity index (χ4v) is 1.17. The van der Waals surface area contributed by atoms with Crippen LogP contribution in [0.25, 0.3) is 0 Å². The van der Waals surface area contributed by atoms with Gasteiger partial charge in [-0.1, -0.05) is 19.3 Å². The zero-order valence-corrected chi connectivity index (χ0v) is 10.5. The predicted molar refractivity (Wildman–Crippen MR) is 69.7 cm³/mol. The summed E-state index contributed by atoms with van der Waals surface area (Å²) in [6.07, 6.45) is 8.64. The third-order valence-corrected chi connectivity index (χ3v) is 2.15. The number of hydrogen-bond acceptors (Lipinski definition) is 4. The highest BCUT2D eigenvalue weighted by Crippen LogP contribution is 1.96. The van der Waals surface area contributed by atoms with Gasteiger partial charge in [0.2, 0.25) is 0 Å². The fourth-order valence-electron chi connectivity index (χ4n) is 1.17. The summed E-state index contributed by atoms with van der Waals surface area (Å²) in [7, 11) is 0. The standard InChI is InChI=1S/C6H16N2.C6H12N2/c2*7-5-3-1-2-4-6-8/h1-8H2;1-5,7H2. The molecular formula is C12H28N4.